The quantitative estimate of drug-likeness (QED) is 0.548. The molecule has 1 aromatic carbocycles. The van der Waals surface area contributed by atoms with Gasteiger partial charge in [-0.25, -0.2) is 4.79 Å². The Labute approximate surface area is 156 Å². The Morgan fingerprint density at radius 3 is 2.54 bits per heavy atom. The van der Waals surface area contributed by atoms with Crippen LogP contribution in [0, 0.1) is 11.8 Å². The predicted molar refractivity (Wildman–Crippen MR) is 95.3 cm³/mol. The number of imide groups is 1. The molecule has 2 aliphatic rings. The molecule has 3 rings (SSSR count). The number of nitrogens with two attached hydrogens (primary N) is 1. The molecule has 1 aromatic rings. The molecule has 2 heterocycles. The van der Waals surface area contributed by atoms with E-state index in [0.29, 0.717) is 12.2 Å². The van der Waals surface area contributed by atoms with Crippen LogP contribution in [0.1, 0.15) is 18.0 Å². The zero-order chi connectivity index (χ0) is 19.1. The number of aromatic hydroxyl groups is 1. The molecule has 0 radical (unpaired) electrons. The number of likely N-dealkylation sites (tertiary alicyclic amines) is 1. The van der Waals surface area contributed by atoms with Gasteiger partial charge in [0.1, 0.15) is 23.6 Å². The summed E-state index contributed by atoms with van der Waals surface area (Å²) in [6.45, 7) is 0. The summed E-state index contributed by atoms with van der Waals surface area (Å²) in [4.78, 5) is 39.6. The van der Waals surface area contributed by atoms with E-state index in [4.69, 9.17) is 4.74 Å². The van der Waals surface area contributed by atoms with Crippen molar-refractivity contribution in [2.45, 2.75) is 18.0 Å². The molecule has 3 N–H and O–H groups in total. The average Bonchev–Trinajstić information content (AvgIpc) is 3.10. The number of amides is 2. The second-order valence-corrected chi connectivity index (χ2v) is 7.78. The van der Waals surface area contributed by atoms with E-state index in [1.807, 2.05) is 11.6 Å². The monoisotopic (exact) mass is 379 g/mol. The molecule has 140 valence electrons. The van der Waals surface area contributed by atoms with E-state index in [9.17, 15) is 19.5 Å². The fourth-order valence-corrected chi connectivity index (χ4v) is 4.81. The van der Waals surface area contributed by atoms with E-state index in [1.54, 1.807) is 36.0 Å². The molecule has 0 bridgehead atoms. The number of ether oxygens (including phenoxy) is 1. The summed E-state index contributed by atoms with van der Waals surface area (Å²) in [7, 11) is 2.78. The number of benzene rings is 1. The first-order valence-corrected chi connectivity index (χ1v) is 9.80. The summed E-state index contributed by atoms with van der Waals surface area (Å²) >= 11 is 1.58. The van der Waals surface area contributed by atoms with Crippen LogP contribution in [0.25, 0.3) is 0 Å². The minimum absolute atomic E-state index is 0.121. The Bertz CT molecular complexity index is 738. The molecular weight excluding hydrogens is 356 g/mol. The normalized spacial score (nSPS) is 30.6. The first-order valence-electron chi connectivity index (χ1n) is 8.41. The molecular formula is C18H23N2O5S+. The van der Waals surface area contributed by atoms with Crippen molar-refractivity contribution in [3.8, 4) is 5.75 Å². The van der Waals surface area contributed by atoms with Crippen molar-refractivity contribution in [3.05, 3.63) is 29.8 Å². The van der Waals surface area contributed by atoms with Crippen molar-refractivity contribution in [1.29, 1.82) is 0 Å². The van der Waals surface area contributed by atoms with Gasteiger partial charge in [0, 0.05) is 19.0 Å². The molecule has 26 heavy (non-hydrogen) atoms. The number of rotatable bonds is 5. The van der Waals surface area contributed by atoms with Gasteiger partial charge in [0.2, 0.25) is 17.4 Å². The number of nitrogens with zero attached hydrogens (tertiary/aromatic N) is 1. The summed E-state index contributed by atoms with van der Waals surface area (Å²) in [5, 5.41) is 11.4. The van der Waals surface area contributed by atoms with Gasteiger partial charge in [-0.2, -0.15) is 11.8 Å². The number of esters is 1. The predicted octanol–water partition coefficient (Wildman–Crippen LogP) is -0.0938. The van der Waals surface area contributed by atoms with Crippen LogP contribution in [-0.2, 0) is 19.1 Å². The standard InChI is InChI=1S/C18H22N2O5S/c1-20-15(22)12-13(16(20)23)18(8-9-26-3,17(24)25-2)19-14(12)10-4-6-11(21)7-5-10/h4-7,12-14,19,21H,8-9H2,1-3H3/p+1/t12-,13-,14-,18+/m0/s1. The van der Waals surface area contributed by atoms with E-state index >= 15 is 0 Å². The highest BCUT2D eigenvalue weighted by molar-refractivity contribution is 7.98. The third kappa shape index (κ3) is 2.68. The Kier molecular flexibility index (Phi) is 4.98. The lowest BCUT2D eigenvalue weighted by atomic mass is 9.78. The van der Waals surface area contributed by atoms with E-state index in [-0.39, 0.29) is 23.6 Å². The van der Waals surface area contributed by atoms with Crippen LogP contribution in [0.5, 0.6) is 5.75 Å². The number of carbonyl (C=O) groups excluding carboxylic acids is 3. The van der Waals surface area contributed by atoms with Gasteiger partial charge in [-0.15, -0.1) is 0 Å². The third-order valence-corrected chi connectivity index (χ3v) is 6.17. The maximum Gasteiger partial charge on any atom is 0.368 e. The second-order valence-electron chi connectivity index (χ2n) is 6.80. The summed E-state index contributed by atoms with van der Waals surface area (Å²) in [6, 6.07) is 6.16. The van der Waals surface area contributed by atoms with Crippen LogP contribution in [0.3, 0.4) is 0 Å². The largest absolute Gasteiger partial charge is 0.508 e. The van der Waals surface area contributed by atoms with Crippen LogP contribution in [-0.4, -0.2) is 59.5 Å². The van der Waals surface area contributed by atoms with Gasteiger partial charge < -0.3 is 15.2 Å². The second kappa shape index (κ2) is 6.92. The first-order chi connectivity index (χ1) is 12.4. The maximum absolute atomic E-state index is 12.9. The zero-order valence-corrected chi connectivity index (χ0v) is 15.8. The van der Waals surface area contributed by atoms with Crippen LogP contribution in [0.4, 0.5) is 0 Å². The van der Waals surface area contributed by atoms with E-state index in [2.05, 4.69) is 0 Å². The summed E-state index contributed by atoms with van der Waals surface area (Å²) in [5.74, 6) is -1.66. The minimum Gasteiger partial charge on any atom is -0.508 e. The van der Waals surface area contributed by atoms with E-state index in [0.717, 1.165) is 10.5 Å². The number of hydrogen-bond acceptors (Lipinski definition) is 6. The molecule has 0 aliphatic carbocycles. The third-order valence-electron chi connectivity index (χ3n) is 5.55. The number of phenols is 1. The van der Waals surface area contributed by atoms with Gasteiger partial charge in [0.05, 0.1) is 7.11 Å². The molecule has 0 unspecified atom stereocenters. The number of carbonyl (C=O) groups is 3. The molecule has 2 fully saturated rings. The number of hydrogen-bond donors (Lipinski definition) is 2. The molecule has 0 aromatic heterocycles. The van der Waals surface area contributed by atoms with Crippen LogP contribution in [0.2, 0.25) is 0 Å². The van der Waals surface area contributed by atoms with Gasteiger partial charge >= 0.3 is 5.97 Å². The van der Waals surface area contributed by atoms with Gasteiger partial charge in [-0.05, 0) is 36.3 Å². The lowest BCUT2D eigenvalue weighted by Gasteiger charge is -2.28. The molecule has 2 amide bonds. The number of quaternary nitrogens is 1. The highest BCUT2D eigenvalue weighted by Gasteiger charge is 2.71. The lowest BCUT2D eigenvalue weighted by molar-refractivity contribution is -0.734. The Morgan fingerprint density at radius 1 is 1.31 bits per heavy atom. The molecule has 0 spiro atoms. The number of phenolic OH excluding ortho intramolecular Hbond substituents is 1. The fourth-order valence-electron chi connectivity index (χ4n) is 4.26. The van der Waals surface area contributed by atoms with Crippen molar-refractivity contribution in [1.82, 2.24) is 4.90 Å². The molecule has 7 nitrogen and oxygen atoms in total. The maximum atomic E-state index is 12.9. The summed E-state index contributed by atoms with van der Waals surface area (Å²) in [6.07, 6.45) is 2.37. The average molecular weight is 379 g/mol. The van der Waals surface area contributed by atoms with Crippen LogP contribution in [0.15, 0.2) is 24.3 Å². The zero-order valence-electron chi connectivity index (χ0n) is 15.0. The van der Waals surface area contributed by atoms with Crippen LogP contribution < -0.4 is 5.32 Å². The molecule has 4 atom stereocenters. The first kappa shape index (κ1) is 18.7. The highest BCUT2D eigenvalue weighted by Crippen LogP contribution is 2.45. The summed E-state index contributed by atoms with van der Waals surface area (Å²) in [5.41, 5.74) is -0.327. The fraction of sp³-hybridized carbons (Fsp3) is 0.500. The van der Waals surface area contributed by atoms with Gasteiger partial charge in [0.15, 0.2) is 0 Å². The van der Waals surface area contributed by atoms with Gasteiger partial charge in [-0.3, -0.25) is 14.5 Å². The van der Waals surface area contributed by atoms with E-state index in [1.165, 1.54) is 14.2 Å². The lowest BCUT2D eigenvalue weighted by Crippen LogP contribution is -2.98. The Morgan fingerprint density at radius 2 is 1.96 bits per heavy atom. The Balaban J connectivity index is 2.11. The topological polar surface area (TPSA) is 101 Å². The van der Waals surface area contributed by atoms with Crippen molar-refractivity contribution in [2.75, 3.05) is 26.2 Å². The van der Waals surface area contributed by atoms with Crippen molar-refractivity contribution < 1.29 is 29.5 Å². The Hall–Kier alpha value is -2.06. The van der Waals surface area contributed by atoms with Crippen molar-refractivity contribution >= 4 is 29.5 Å². The van der Waals surface area contributed by atoms with Crippen molar-refractivity contribution in [3.63, 3.8) is 0 Å². The molecule has 2 saturated heterocycles. The molecule has 2 aliphatic heterocycles. The smallest absolute Gasteiger partial charge is 0.368 e. The molecule has 8 heteroatoms. The SMILES string of the molecule is COC(=O)[C@]1(CCSC)[NH2+][C@@H](c2ccc(O)cc2)[C@H]2C(=O)N(C)C(=O)[C@H]21. The van der Waals surface area contributed by atoms with Crippen LogP contribution >= 0.6 is 11.8 Å². The van der Waals surface area contributed by atoms with Crippen molar-refractivity contribution in [2.24, 2.45) is 11.8 Å². The summed E-state index contributed by atoms with van der Waals surface area (Å²) < 4.78 is 5.06. The molecule has 0 saturated carbocycles. The van der Waals surface area contributed by atoms with Gasteiger partial charge in [-0.1, -0.05) is 0 Å². The number of fused-ring (bicyclic) bond motifs is 1. The number of thioether (sulfide) groups is 1. The minimum atomic E-state index is -1.12. The highest BCUT2D eigenvalue weighted by atomic mass is 32.2. The number of methoxy groups -OCH3 is 1. The van der Waals surface area contributed by atoms with Gasteiger partial charge in [0.25, 0.3) is 0 Å². The van der Waals surface area contributed by atoms with E-state index < -0.39 is 23.3 Å².